The summed E-state index contributed by atoms with van der Waals surface area (Å²) in [6.07, 6.45) is 4.97. The Bertz CT molecular complexity index is 825. The molecule has 1 saturated carbocycles. The number of nitrogens with zero attached hydrogens (tertiary/aromatic N) is 2. The SMILES string of the molecule is CN=C(NCCS(=O)(=O)NCC1CCC1)NCc1ccc(N2CCCC2=O)cc1.I. The maximum absolute atomic E-state index is 12.0. The molecule has 8 nitrogen and oxygen atoms in total. The highest BCUT2D eigenvalue weighted by Crippen LogP contribution is 2.25. The molecule has 1 aliphatic carbocycles. The molecule has 1 aromatic rings. The van der Waals surface area contributed by atoms with Gasteiger partial charge in [0.2, 0.25) is 15.9 Å². The van der Waals surface area contributed by atoms with E-state index in [0.29, 0.717) is 31.4 Å². The zero-order chi connectivity index (χ0) is 20.7. The van der Waals surface area contributed by atoms with Crippen LogP contribution in [0.25, 0.3) is 0 Å². The number of carbonyl (C=O) groups excluding carboxylic acids is 1. The molecule has 0 spiro atoms. The van der Waals surface area contributed by atoms with Crippen LogP contribution in [0, 0.1) is 5.92 Å². The van der Waals surface area contributed by atoms with Gasteiger partial charge >= 0.3 is 0 Å². The van der Waals surface area contributed by atoms with Gasteiger partial charge in [0, 0.05) is 45.3 Å². The second-order valence-electron chi connectivity index (χ2n) is 7.63. The number of aliphatic imine (C=N–C) groups is 1. The van der Waals surface area contributed by atoms with E-state index in [-0.39, 0.29) is 42.2 Å². The van der Waals surface area contributed by atoms with Crippen molar-refractivity contribution >= 4 is 51.6 Å². The number of sulfonamides is 1. The van der Waals surface area contributed by atoms with E-state index in [2.05, 4.69) is 20.3 Å². The Labute approximate surface area is 196 Å². The third-order valence-electron chi connectivity index (χ3n) is 5.48. The van der Waals surface area contributed by atoms with Crippen LogP contribution in [-0.4, -0.2) is 52.7 Å². The number of hydrogen-bond donors (Lipinski definition) is 3. The van der Waals surface area contributed by atoms with Crippen molar-refractivity contribution in [2.24, 2.45) is 10.9 Å². The molecule has 10 heteroatoms. The number of benzene rings is 1. The van der Waals surface area contributed by atoms with Gasteiger partial charge in [-0.25, -0.2) is 13.1 Å². The lowest BCUT2D eigenvalue weighted by molar-refractivity contribution is -0.117. The van der Waals surface area contributed by atoms with Crippen molar-refractivity contribution in [3.05, 3.63) is 29.8 Å². The fraction of sp³-hybridized carbons (Fsp3) is 0.600. The first-order chi connectivity index (χ1) is 14.0. The molecule has 1 aliphatic heterocycles. The molecule has 2 aliphatic rings. The van der Waals surface area contributed by atoms with Crippen LogP contribution in [0.5, 0.6) is 0 Å². The molecule has 168 valence electrons. The van der Waals surface area contributed by atoms with E-state index in [1.165, 1.54) is 6.42 Å². The van der Waals surface area contributed by atoms with Gasteiger partial charge in [-0.2, -0.15) is 0 Å². The van der Waals surface area contributed by atoms with Crippen molar-refractivity contribution in [1.82, 2.24) is 15.4 Å². The smallest absolute Gasteiger partial charge is 0.227 e. The number of halogens is 1. The van der Waals surface area contributed by atoms with Gasteiger partial charge in [-0.1, -0.05) is 18.6 Å². The Morgan fingerprint density at radius 3 is 2.47 bits per heavy atom. The first kappa shape index (κ1) is 24.9. The molecule has 0 bridgehead atoms. The van der Waals surface area contributed by atoms with E-state index < -0.39 is 10.0 Å². The van der Waals surface area contributed by atoms with Crippen LogP contribution in [0.15, 0.2) is 29.3 Å². The lowest BCUT2D eigenvalue weighted by Crippen LogP contribution is -2.41. The molecule has 0 atom stereocenters. The van der Waals surface area contributed by atoms with Gasteiger partial charge in [0.05, 0.1) is 5.75 Å². The Hall–Kier alpha value is -1.40. The second-order valence-corrected chi connectivity index (χ2v) is 9.56. The fourth-order valence-corrected chi connectivity index (χ4v) is 4.44. The van der Waals surface area contributed by atoms with E-state index >= 15 is 0 Å². The quantitative estimate of drug-likeness (QED) is 0.248. The molecule has 0 aromatic heterocycles. The summed E-state index contributed by atoms with van der Waals surface area (Å²) in [5.41, 5.74) is 1.98. The Morgan fingerprint density at radius 1 is 1.17 bits per heavy atom. The number of anilines is 1. The van der Waals surface area contributed by atoms with Crippen molar-refractivity contribution in [3.63, 3.8) is 0 Å². The monoisotopic (exact) mass is 549 g/mol. The molecule has 30 heavy (non-hydrogen) atoms. The predicted molar refractivity (Wildman–Crippen MR) is 131 cm³/mol. The van der Waals surface area contributed by atoms with Crippen molar-refractivity contribution in [3.8, 4) is 0 Å². The van der Waals surface area contributed by atoms with Crippen molar-refractivity contribution in [2.45, 2.75) is 38.6 Å². The van der Waals surface area contributed by atoms with E-state index in [0.717, 1.165) is 37.1 Å². The highest BCUT2D eigenvalue weighted by molar-refractivity contribution is 14.0. The van der Waals surface area contributed by atoms with Crippen LogP contribution in [-0.2, 0) is 21.4 Å². The summed E-state index contributed by atoms with van der Waals surface area (Å²) in [6.45, 7) is 2.18. The number of hydrogen-bond acceptors (Lipinski definition) is 4. The summed E-state index contributed by atoms with van der Waals surface area (Å²) < 4.78 is 26.8. The minimum Gasteiger partial charge on any atom is -0.355 e. The maximum Gasteiger partial charge on any atom is 0.227 e. The van der Waals surface area contributed by atoms with Crippen LogP contribution >= 0.6 is 24.0 Å². The predicted octanol–water partition coefficient (Wildman–Crippen LogP) is 1.82. The van der Waals surface area contributed by atoms with Crippen LogP contribution < -0.4 is 20.3 Å². The Balaban J connectivity index is 0.00000320. The molecular formula is C20H32IN5O3S. The van der Waals surface area contributed by atoms with Crippen molar-refractivity contribution in [2.75, 3.05) is 37.3 Å². The topological polar surface area (TPSA) is 103 Å². The Kier molecular flexibility index (Phi) is 9.82. The van der Waals surface area contributed by atoms with Gasteiger partial charge < -0.3 is 15.5 Å². The standard InChI is InChI=1S/C20H31N5O3S.HI/c1-21-20(22-11-13-29(27,28)24-15-16-4-2-5-16)23-14-17-7-9-18(10-8-17)25-12-3-6-19(25)26;/h7-10,16,24H,2-6,11-15H2,1H3,(H2,21,22,23);1H. The third-order valence-corrected chi connectivity index (χ3v) is 6.83. The molecule has 1 aromatic carbocycles. The number of nitrogens with one attached hydrogen (secondary N) is 3. The largest absolute Gasteiger partial charge is 0.355 e. The van der Waals surface area contributed by atoms with E-state index in [1.807, 2.05) is 29.2 Å². The van der Waals surface area contributed by atoms with Gasteiger partial charge in [0.15, 0.2) is 5.96 Å². The number of rotatable bonds is 9. The maximum atomic E-state index is 12.0. The number of carbonyl (C=O) groups is 1. The number of amides is 1. The lowest BCUT2D eigenvalue weighted by atomic mass is 9.86. The van der Waals surface area contributed by atoms with Gasteiger partial charge in [-0.15, -0.1) is 24.0 Å². The van der Waals surface area contributed by atoms with E-state index in [4.69, 9.17) is 0 Å². The van der Waals surface area contributed by atoms with Crippen LogP contribution in [0.3, 0.4) is 0 Å². The molecule has 3 N–H and O–H groups in total. The number of guanidine groups is 1. The third kappa shape index (κ3) is 7.38. The van der Waals surface area contributed by atoms with E-state index in [1.54, 1.807) is 7.05 Å². The zero-order valence-corrected chi connectivity index (χ0v) is 20.5. The summed E-state index contributed by atoms with van der Waals surface area (Å²) in [5.74, 6) is 1.25. The average Bonchev–Trinajstić information content (AvgIpc) is 3.09. The molecule has 2 fully saturated rings. The van der Waals surface area contributed by atoms with Crippen LogP contribution in [0.2, 0.25) is 0 Å². The zero-order valence-electron chi connectivity index (χ0n) is 17.4. The minimum absolute atomic E-state index is 0. The minimum atomic E-state index is -3.27. The van der Waals surface area contributed by atoms with Gasteiger partial charge in [-0.05, 0) is 42.9 Å². The molecule has 0 radical (unpaired) electrons. The summed E-state index contributed by atoms with van der Waals surface area (Å²) in [5, 5.41) is 6.22. The first-order valence-corrected chi connectivity index (χ1v) is 11.9. The highest BCUT2D eigenvalue weighted by atomic mass is 127. The fourth-order valence-electron chi connectivity index (χ4n) is 3.44. The van der Waals surface area contributed by atoms with Crippen molar-refractivity contribution < 1.29 is 13.2 Å². The van der Waals surface area contributed by atoms with Crippen molar-refractivity contribution in [1.29, 1.82) is 0 Å². The van der Waals surface area contributed by atoms with E-state index in [9.17, 15) is 13.2 Å². The molecule has 0 unspecified atom stereocenters. The Morgan fingerprint density at radius 2 is 1.90 bits per heavy atom. The van der Waals surface area contributed by atoms with Crippen LogP contribution in [0.1, 0.15) is 37.7 Å². The van der Waals surface area contributed by atoms with Gasteiger partial charge in [-0.3, -0.25) is 9.79 Å². The molecule has 1 amide bonds. The summed E-state index contributed by atoms with van der Waals surface area (Å²) >= 11 is 0. The molecule has 1 saturated heterocycles. The average molecular weight is 549 g/mol. The van der Waals surface area contributed by atoms with Gasteiger partial charge in [0.25, 0.3) is 0 Å². The second kappa shape index (κ2) is 11.8. The summed E-state index contributed by atoms with van der Waals surface area (Å²) in [4.78, 5) is 17.8. The normalized spacial score (nSPS) is 17.4. The highest BCUT2D eigenvalue weighted by Gasteiger charge is 2.21. The molecular weight excluding hydrogens is 517 g/mol. The summed E-state index contributed by atoms with van der Waals surface area (Å²) in [6, 6.07) is 7.87. The van der Waals surface area contributed by atoms with Gasteiger partial charge in [0.1, 0.15) is 0 Å². The molecule has 3 rings (SSSR count). The van der Waals surface area contributed by atoms with Crippen LogP contribution in [0.4, 0.5) is 5.69 Å². The summed E-state index contributed by atoms with van der Waals surface area (Å²) in [7, 11) is -1.62. The molecule has 1 heterocycles. The lowest BCUT2D eigenvalue weighted by Gasteiger charge is -2.25. The first-order valence-electron chi connectivity index (χ1n) is 10.3.